The van der Waals surface area contributed by atoms with E-state index < -0.39 is 0 Å². The number of likely N-dealkylation sites (N-methyl/N-ethyl adjacent to an activating group) is 1. The maximum Gasteiger partial charge on any atom is 0.246 e. The van der Waals surface area contributed by atoms with Crippen LogP contribution in [0.15, 0.2) is 42.6 Å². The lowest BCUT2D eigenvalue weighted by molar-refractivity contribution is -0.142. The topological polar surface area (TPSA) is 65.2 Å². The first-order chi connectivity index (χ1) is 16.8. The van der Waals surface area contributed by atoms with Crippen molar-refractivity contribution in [2.24, 2.45) is 34.5 Å². The summed E-state index contributed by atoms with van der Waals surface area (Å²) in [4.78, 5) is 31.1. The first-order valence-electron chi connectivity index (χ1n) is 13.6. The van der Waals surface area contributed by atoms with Gasteiger partial charge >= 0.3 is 0 Å². The normalized spacial score (nSPS) is 38.2. The van der Waals surface area contributed by atoms with Crippen LogP contribution < -0.4 is 5.32 Å². The molecule has 6 rings (SSSR count). The average Bonchev–Trinajstić information content (AvgIpc) is 3.42. The van der Waals surface area contributed by atoms with Gasteiger partial charge in [0.2, 0.25) is 11.8 Å². The van der Waals surface area contributed by atoms with Crippen molar-refractivity contribution in [3.63, 3.8) is 0 Å². The number of rotatable bonds is 4. The highest BCUT2D eigenvalue weighted by Crippen LogP contribution is 2.65. The van der Waals surface area contributed by atoms with Crippen LogP contribution in [0.4, 0.5) is 0 Å². The summed E-state index contributed by atoms with van der Waals surface area (Å²) in [6.45, 7) is 5.49. The summed E-state index contributed by atoms with van der Waals surface area (Å²) in [5.41, 5.74) is 2.58. The maximum atomic E-state index is 13.5. The minimum absolute atomic E-state index is 0.0621. The molecule has 2 N–H and O–H groups in total. The lowest BCUT2D eigenvalue weighted by atomic mass is 9.47. The molecule has 5 heteroatoms. The summed E-state index contributed by atoms with van der Waals surface area (Å²) in [5, 5.41) is 4.56. The van der Waals surface area contributed by atoms with Crippen molar-refractivity contribution in [1.29, 1.82) is 0 Å². The highest BCUT2D eigenvalue weighted by Gasteiger charge is 2.61. The van der Waals surface area contributed by atoms with Gasteiger partial charge in [0.25, 0.3) is 0 Å². The Morgan fingerprint density at radius 1 is 1.11 bits per heavy atom. The smallest absolute Gasteiger partial charge is 0.246 e. The van der Waals surface area contributed by atoms with Gasteiger partial charge in [0.15, 0.2) is 0 Å². The molecule has 0 spiro atoms. The molecular weight excluding hydrogens is 434 g/mol. The number of nitrogens with zero attached hydrogens (tertiary/aromatic N) is 1. The van der Waals surface area contributed by atoms with Gasteiger partial charge in [0.1, 0.15) is 0 Å². The second kappa shape index (κ2) is 8.25. The van der Waals surface area contributed by atoms with Gasteiger partial charge in [-0.2, -0.15) is 0 Å². The van der Waals surface area contributed by atoms with Gasteiger partial charge in [-0.1, -0.05) is 38.1 Å². The van der Waals surface area contributed by atoms with Crippen LogP contribution in [0.25, 0.3) is 10.9 Å². The third-order valence-electron chi connectivity index (χ3n) is 10.8. The number of benzene rings is 1. The molecule has 3 fully saturated rings. The summed E-state index contributed by atoms with van der Waals surface area (Å²) in [6, 6.07) is 8.68. The van der Waals surface area contributed by atoms with Crippen LogP contribution in [0.1, 0.15) is 57.9 Å². The largest absolute Gasteiger partial charge is 0.361 e. The van der Waals surface area contributed by atoms with Crippen molar-refractivity contribution < 1.29 is 9.59 Å². The van der Waals surface area contributed by atoms with Crippen LogP contribution in [0, 0.1) is 34.5 Å². The van der Waals surface area contributed by atoms with E-state index in [0.29, 0.717) is 30.3 Å². The molecule has 0 radical (unpaired) electrons. The van der Waals surface area contributed by atoms with Crippen molar-refractivity contribution in [2.45, 2.75) is 64.8 Å². The number of nitrogens with one attached hydrogen (secondary N) is 2. The van der Waals surface area contributed by atoms with Gasteiger partial charge in [-0.15, -0.1) is 0 Å². The predicted molar refractivity (Wildman–Crippen MR) is 139 cm³/mol. The highest BCUT2D eigenvalue weighted by molar-refractivity contribution is 5.89. The molecule has 1 aromatic carbocycles. The molecule has 3 saturated carbocycles. The van der Waals surface area contributed by atoms with Crippen molar-refractivity contribution in [3.05, 3.63) is 48.2 Å². The van der Waals surface area contributed by atoms with Gasteiger partial charge in [-0.3, -0.25) is 9.59 Å². The molecule has 7 atom stereocenters. The van der Waals surface area contributed by atoms with Crippen LogP contribution >= 0.6 is 0 Å². The van der Waals surface area contributed by atoms with E-state index in [1.165, 1.54) is 17.4 Å². The SMILES string of the molecule is CN1C(=O)C=C[C@]2(C)[C@H]3CC[C@]4(C)[C@@H](C(=O)NCCc5c[nH]c6ccccc56)CC[C@H]4[C@@H]3CC[C@@H]12. The molecule has 3 aliphatic carbocycles. The molecule has 2 heterocycles. The first kappa shape index (κ1) is 22.9. The fourth-order valence-corrected chi connectivity index (χ4v) is 8.95. The van der Waals surface area contributed by atoms with Crippen molar-refractivity contribution in [3.8, 4) is 0 Å². The van der Waals surface area contributed by atoms with Crippen LogP contribution in [-0.2, 0) is 16.0 Å². The van der Waals surface area contributed by atoms with Gasteiger partial charge in [0, 0.05) is 48.1 Å². The summed E-state index contributed by atoms with van der Waals surface area (Å²) in [5.74, 6) is 2.40. The molecule has 1 aliphatic heterocycles. The molecule has 2 aromatic rings. The number of amides is 2. The molecule has 0 bridgehead atoms. The Bertz CT molecular complexity index is 1180. The maximum absolute atomic E-state index is 13.5. The van der Waals surface area contributed by atoms with Crippen molar-refractivity contribution in [2.75, 3.05) is 13.6 Å². The van der Waals surface area contributed by atoms with E-state index in [1.807, 2.05) is 24.1 Å². The molecule has 35 heavy (non-hydrogen) atoms. The van der Waals surface area contributed by atoms with Gasteiger partial charge in [-0.05, 0) is 85.8 Å². The number of aromatic nitrogens is 1. The number of carbonyl (C=O) groups excluding carboxylic acids is 2. The van der Waals surface area contributed by atoms with E-state index in [4.69, 9.17) is 0 Å². The second-order valence-electron chi connectivity index (χ2n) is 12.2. The molecule has 5 nitrogen and oxygen atoms in total. The van der Waals surface area contributed by atoms with Crippen LogP contribution in [0.5, 0.6) is 0 Å². The van der Waals surface area contributed by atoms with Crippen LogP contribution in [0.2, 0.25) is 0 Å². The zero-order valence-electron chi connectivity index (χ0n) is 21.3. The lowest BCUT2D eigenvalue weighted by Crippen LogP contribution is -2.59. The summed E-state index contributed by atoms with van der Waals surface area (Å²) in [6.07, 6.45) is 13.7. The fraction of sp³-hybridized carbons (Fsp3) is 0.600. The quantitative estimate of drug-likeness (QED) is 0.650. The zero-order valence-corrected chi connectivity index (χ0v) is 21.3. The number of hydrogen-bond donors (Lipinski definition) is 2. The van der Waals surface area contributed by atoms with Crippen molar-refractivity contribution >= 4 is 22.7 Å². The molecule has 1 aromatic heterocycles. The van der Waals surface area contributed by atoms with Crippen LogP contribution in [-0.4, -0.2) is 41.3 Å². The third-order valence-corrected chi connectivity index (χ3v) is 10.8. The van der Waals surface area contributed by atoms with E-state index in [1.54, 1.807) is 0 Å². The molecule has 4 aliphatic rings. The Balaban J connectivity index is 1.14. The van der Waals surface area contributed by atoms with Gasteiger partial charge in [0.05, 0.1) is 0 Å². The number of fused-ring (bicyclic) bond motifs is 6. The Morgan fingerprint density at radius 2 is 1.94 bits per heavy atom. The number of aromatic amines is 1. The molecule has 186 valence electrons. The number of hydrogen-bond acceptors (Lipinski definition) is 2. The first-order valence-corrected chi connectivity index (χ1v) is 13.6. The minimum Gasteiger partial charge on any atom is -0.361 e. The monoisotopic (exact) mass is 473 g/mol. The Morgan fingerprint density at radius 3 is 2.80 bits per heavy atom. The van der Waals surface area contributed by atoms with Gasteiger partial charge in [-0.25, -0.2) is 0 Å². The van der Waals surface area contributed by atoms with E-state index in [2.05, 4.69) is 54.6 Å². The second-order valence-corrected chi connectivity index (χ2v) is 12.2. The standard InChI is InChI=1S/C30H39N3O2/c1-29-15-12-23-21(8-11-26-30(23,2)16-13-27(34)33(26)3)22(29)9-10-24(29)28(35)31-17-14-19-18-32-25-7-5-4-6-20(19)25/h4-7,13,16,18,21-24,26,32H,8-12,14-15,17H2,1-3H3,(H,31,35)/t21-,22-,23-,24+,26+,29-,30+/m0/s1. The van der Waals surface area contributed by atoms with Crippen molar-refractivity contribution in [1.82, 2.24) is 15.2 Å². The van der Waals surface area contributed by atoms with E-state index >= 15 is 0 Å². The third kappa shape index (κ3) is 3.41. The minimum atomic E-state index is 0.0621. The summed E-state index contributed by atoms with van der Waals surface area (Å²) >= 11 is 0. The van der Waals surface area contributed by atoms with Gasteiger partial charge < -0.3 is 15.2 Å². The number of H-pyrrole nitrogens is 1. The van der Waals surface area contributed by atoms with Crippen LogP contribution in [0.3, 0.4) is 0 Å². The molecule has 0 saturated heterocycles. The fourth-order valence-electron chi connectivity index (χ4n) is 8.95. The van der Waals surface area contributed by atoms with E-state index in [-0.39, 0.29) is 28.6 Å². The Kier molecular flexibility index (Phi) is 5.39. The lowest BCUT2D eigenvalue weighted by Gasteiger charge is -2.60. The highest BCUT2D eigenvalue weighted by atomic mass is 16.2. The summed E-state index contributed by atoms with van der Waals surface area (Å²) in [7, 11) is 1.98. The van der Waals surface area contributed by atoms with E-state index in [0.717, 1.165) is 44.0 Å². The number of carbonyl (C=O) groups is 2. The van der Waals surface area contributed by atoms with E-state index in [9.17, 15) is 9.59 Å². The Labute approximate surface area is 208 Å². The predicted octanol–water partition coefficient (Wildman–Crippen LogP) is 5.08. The average molecular weight is 474 g/mol. The number of para-hydroxylation sites is 1. The molecule has 2 amide bonds. The molecular formula is C30H39N3O2. The molecule has 0 unspecified atom stereocenters. The zero-order chi connectivity index (χ0) is 24.4. The summed E-state index contributed by atoms with van der Waals surface area (Å²) < 4.78 is 0. The Hall–Kier alpha value is -2.56.